The fraction of sp³-hybridized carbons (Fsp3) is 0.458. The number of hydrogen-bond donors (Lipinski definition) is 3. The molecule has 32 heavy (non-hydrogen) atoms. The molecule has 0 aliphatic carbocycles. The Morgan fingerprint density at radius 3 is 2.56 bits per heavy atom. The lowest BCUT2D eigenvalue weighted by Gasteiger charge is -2.31. The van der Waals surface area contributed by atoms with Gasteiger partial charge in [0.05, 0.1) is 6.10 Å². The van der Waals surface area contributed by atoms with Crippen LogP contribution in [0.2, 0.25) is 0 Å². The summed E-state index contributed by atoms with van der Waals surface area (Å²) in [6.45, 7) is 8.06. The molecule has 1 aliphatic heterocycles. The number of hydrogen-bond acceptors (Lipinski definition) is 5. The maximum absolute atomic E-state index is 12.5. The van der Waals surface area contributed by atoms with Crippen LogP contribution in [-0.4, -0.2) is 35.9 Å². The zero-order valence-corrected chi connectivity index (χ0v) is 19.0. The molecule has 0 bridgehead atoms. The van der Waals surface area contributed by atoms with Crippen LogP contribution in [0.5, 0.6) is 0 Å². The topological polar surface area (TPSA) is 112 Å². The van der Waals surface area contributed by atoms with Crippen molar-refractivity contribution >= 4 is 29.1 Å². The van der Waals surface area contributed by atoms with Crippen molar-refractivity contribution in [3.63, 3.8) is 0 Å². The van der Waals surface area contributed by atoms with Crippen LogP contribution in [0.1, 0.15) is 55.4 Å². The molecule has 3 N–H and O–H groups in total. The minimum atomic E-state index is -0.799. The smallest absolute Gasteiger partial charge is 0.313 e. The van der Waals surface area contributed by atoms with Gasteiger partial charge in [0.15, 0.2) is 0 Å². The van der Waals surface area contributed by atoms with Crippen LogP contribution in [0.25, 0.3) is 0 Å². The summed E-state index contributed by atoms with van der Waals surface area (Å²) in [5.41, 5.74) is 2.96. The van der Waals surface area contributed by atoms with E-state index in [-0.39, 0.29) is 24.8 Å². The number of amides is 3. The van der Waals surface area contributed by atoms with Crippen LogP contribution in [0.15, 0.2) is 28.7 Å². The van der Waals surface area contributed by atoms with Gasteiger partial charge in [-0.3, -0.25) is 14.4 Å². The lowest BCUT2D eigenvalue weighted by Crippen LogP contribution is -2.38. The van der Waals surface area contributed by atoms with Gasteiger partial charge in [0.25, 0.3) is 0 Å². The first kappa shape index (κ1) is 23.5. The van der Waals surface area contributed by atoms with Crippen LogP contribution in [0.4, 0.5) is 11.4 Å². The average Bonchev–Trinajstić information content (AvgIpc) is 3.10. The third-order valence-corrected chi connectivity index (χ3v) is 5.57. The summed E-state index contributed by atoms with van der Waals surface area (Å²) >= 11 is 0. The van der Waals surface area contributed by atoms with E-state index in [0.29, 0.717) is 29.3 Å². The van der Waals surface area contributed by atoms with Crippen LogP contribution in [0, 0.1) is 19.8 Å². The molecule has 0 saturated carbocycles. The Morgan fingerprint density at radius 1 is 1.16 bits per heavy atom. The minimum absolute atomic E-state index is 0.0359. The highest BCUT2D eigenvalue weighted by Crippen LogP contribution is 2.31. The van der Waals surface area contributed by atoms with E-state index in [1.807, 2.05) is 19.9 Å². The molecular weight excluding hydrogens is 410 g/mol. The Labute approximate surface area is 188 Å². The van der Waals surface area contributed by atoms with Crippen molar-refractivity contribution in [3.8, 4) is 0 Å². The van der Waals surface area contributed by atoms with E-state index in [2.05, 4.69) is 10.6 Å². The van der Waals surface area contributed by atoms with Crippen molar-refractivity contribution < 1.29 is 23.9 Å². The number of benzene rings is 1. The fourth-order valence-corrected chi connectivity index (χ4v) is 3.92. The van der Waals surface area contributed by atoms with Gasteiger partial charge in [-0.1, -0.05) is 19.9 Å². The van der Waals surface area contributed by atoms with Gasteiger partial charge in [0.2, 0.25) is 5.91 Å². The maximum atomic E-state index is 12.5. The molecule has 172 valence electrons. The Balaban J connectivity index is 1.57. The van der Waals surface area contributed by atoms with Crippen molar-refractivity contribution in [2.75, 3.05) is 23.3 Å². The van der Waals surface area contributed by atoms with Crippen LogP contribution in [0.3, 0.4) is 0 Å². The van der Waals surface area contributed by atoms with Gasteiger partial charge in [-0.25, -0.2) is 0 Å². The molecule has 0 spiro atoms. The zero-order valence-electron chi connectivity index (χ0n) is 19.0. The van der Waals surface area contributed by atoms with Gasteiger partial charge >= 0.3 is 11.8 Å². The number of carbonyl (C=O) groups excluding carboxylic acids is 3. The minimum Gasteiger partial charge on any atom is -0.466 e. The van der Waals surface area contributed by atoms with E-state index in [1.54, 1.807) is 36.9 Å². The molecule has 0 unspecified atom stereocenters. The van der Waals surface area contributed by atoms with Crippen molar-refractivity contribution in [3.05, 3.63) is 46.9 Å². The quantitative estimate of drug-likeness (QED) is 0.597. The Morgan fingerprint density at radius 2 is 1.91 bits per heavy atom. The van der Waals surface area contributed by atoms with Gasteiger partial charge in [0.1, 0.15) is 11.5 Å². The van der Waals surface area contributed by atoms with Crippen LogP contribution < -0.4 is 15.5 Å². The number of carbonyl (C=O) groups is 3. The molecule has 0 fully saturated rings. The highest BCUT2D eigenvalue weighted by atomic mass is 16.3. The molecule has 0 radical (unpaired) electrons. The molecule has 1 atom stereocenters. The highest BCUT2D eigenvalue weighted by Gasteiger charge is 2.25. The van der Waals surface area contributed by atoms with E-state index in [9.17, 15) is 19.5 Å². The predicted octanol–water partition coefficient (Wildman–Crippen LogP) is 3.01. The van der Waals surface area contributed by atoms with E-state index < -0.39 is 17.9 Å². The number of nitrogens with zero attached hydrogens (tertiary/aromatic N) is 1. The van der Waals surface area contributed by atoms with Gasteiger partial charge in [-0.2, -0.15) is 0 Å². The van der Waals surface area contributed by atoms with Crippen molar-refractivity contribution in [2.45, 2.75) is 53.1 Å². The van der Waals surface area contributed by atoms with E-state index in [0.717, 1.165) is 24.1 Å². The molecule has 2 heterocycles. The SMILES string of the molecule is Cc1cc([C@@H](O)CCNC(=O)C(=O)Nc2ccc3c(c2)N(C(=O)C(C)C)CCC3)c(C)o1. The first-order chi connectivity index (χ1) is 15.2. The Hall–Kier alpha value is -3.13. The second-order valence-corrected chi connectivity index (χ2v) is 8.47. The molecular formula is C24H31N3O5. The number of fused-ring (bicyclic) bond motifs is 1. The highest BCUT2D eigenvalue weighted by molar-refractivity contribution is 6.39. The number of rotatable bonds is 6. The number of aliphatic hydroxyl groups excluding tert-OH is 1. The van der Waals surface area contributed by atoms with Crippen molar-refractivity contribution in [1.82, 2.24) is 5.32 Å². The summed E-state index contributed by atoms with van der Waals surface area (Å²) in [7, 11) is 0. The van der Waals surface area contributed by atoms with E-state index in [4.69, 9.17) is 4.42 Å². The summed E-state index contributed by atoms with van der Waals surface area (Å²) in [5.74, 6) is -0.337. The average molecular weight is 442 g/mol. The first-order valence-corrected chi connectivity index (χ1v) is 11.0. The van der Waals surface area contributed by atoms with Crippen molar-refractivity contribution in [2.24, 2.45) is 5.92 Å². The van der Waals surface area contributed by atoms with Crippen LogP contribution >= 0.6 is 0 Å². The van der Waals surface area contributed by atoms with Gasteiger partial charge in [0, 0.05) is 35.9 Å². The number of aliphatic hydroxyl groups is 1. The number of nitrogens with one attached hydrogen (secondary N) is 2. The number of furan rings is 1. The molecule has 1 aromatic carbocycles. The fourth-order valence-electron chi connectivity index (χ4n) is 3.92. The van der Waals surface area contributed by atoms with E-state index in [1.165, 1.54) is 0 Å². The van der Waals surface area contributed by atoms with Crippen LogP contribution in [-0.2, 0) is 20.8 Å². The summed E-state index contributed by atoms with van der Waals surface area (Å²) in [6, 6.07) is 7.13. The molecule has 8 nitrogen and oxygen atoms in total. The predicted molar refractivity (Wildman–Crippen MR) is 121 cm³/mol. The number of anilines is 2. The summed E-state index contributed by atoms with van der Waals surface area (Å²) in [4.78, 5) is 38.8. The monoisotopic (exact) mass is 441 g/mol. The normalized spacial score (nSPS) is 14.1. The van der Waals surface area contributed by atoms with Crippen molar-refractivity contribution in [1.29, 1.82) is 0 Å². The van der Waals surface area contributed by atoms with Gasteiger partial charge < -0.3 is 25.1 Å². The van der Waals surface area contributed by atoms with Gasteiger partial charge in [-0.05, 0) is 56.9 Å². The Kier molecular flexibility index (Phi) is 7.35. The molecule has 3 amide bonds. The zero-order chi connectivity index (χ0) is 23.4. The van der Waals surface area contributed by atoms with E-state index >= 15 is 0 Å². The lowest BCUT2D eigenvalue weighted by molar-refractivity contribution is -0.136. The third kappa shape index (κ3) is 5.37. The lowest BCUT2D eigenvalue weighted by atomic mass is 9.99. The first-order valence-electron chi connectivity index (χ1n) is 11.0. The maximum Gasteiger partial charge on any atom is 0.313 e. The molecule has 1 aliphatic rings. The second kappa shape index (κ2) is 9.99. The summed E-state index contributed by atoms with van der Waals surface area (Å²) in [5, 5.41) is 15.4. The number of aryl methyl sites for hydroxylation is 3. The third-order valence-electron chi connectivity index (χ3n) is 5.57. The second-order valence-electron chi connectivity index (χ2n) is 8.47. The molecule has 8 heteroatoms. The molecule has 3 rings (SSSR count). The largest absolute Gasteiger partial charge is 0.466 e. The molecule has 2 aromatic rings. The summed E-state index contributed by atoms with van der Waals surface area (Å²) < 4.78 is 5.41. The summed E-state index contributed by atoms with van der Waals surface area (Å²) in [6.07, 6.45) is 1.22. The molecule has 1 aromatic heterocycles. The van der Waals surface area contributed by atoms with Gasteiger partial charge in [-0.15, -0.1) is 0 Å². The standard InChI is InChI=1S/C24H31N3O5/c1-14(2)24(31)27-11-5-6-17-7-8-18(13-20(17)27)26-23(30)22(29)25-10-9-21(28)19-12-15(3)32-16(19)4/h7-8,12-14,21,28H,5-6,9-11H2,1-4H3,(H,25,29)(H,26,30)/t21-/m0/s1. The molecule has 0 saturated heterocycles. The Bertz CT molecular complexity index is 1010.